The Morgan fingerprint density at radius 1 is 1.45 bits per heavy atom. The molecule has 0 saturated carbocycles. The largest absolute Gasteiger partial charge is 0.391 e. The van der Waals surface area contributed by atoms with E-state index >= 15 is 0 Å². The van der Waals surface area contributed by atoms with Crippen LogP contribution in [0.15, 0.2) is 4.79 Å². The first-order valence-electron chi connectivity index (χ1n) is 7.02. The lowest BCUT2D eigenvalue weighted by atomic mass is 9.96. The minimum absolute atomic E-state index is 0.0000936. The van der Waals surface area contributed by atoms with E-state index in [2.05, 4.69) is 0 Å². The van der Waals surface area contributed by atoms with Crippen molar-refractivity contribution in [3.63, 3.8) is 0 Å². The normalized spacial score (nSPS) is 23.1. The van der Waals surface area contributed by atoms with E-state index in [9.17, 15) is 14.7 Å². The molecule has 1 aliphatic rings. The molecule has 1 amide bonds. The Morgan fingerprint density at radius 3 is 2.70 bits per heavy atom. The molecule has 1 fully saturated rings. The van der Waals surface area contributed by atoms with Crippen LogP contribution in [0.4, 0.5) is 0 Å². The standard InChI is InChI=1S/C14H22N2O3S/c1-9-4-6-15(8-12(9)17)13(18)5-7-16-10(2)11(3)20-14(16)19/h9,12,17H,4-8H2,1-3H3. The van der Waals surface area contributed by atoms with Crippen molar-refractivity contribution in [2.24, 2.45) is 5.92 Å². The number of aliphatic hydroxyl groups excluding tert-OH is 1. The van der Waals surface area contributed by atoms with Crippen molar-refractivity contribution in [1.82, 2.24) is 9.47 Å². The SMILES string of the molecule is Cc1sc(=O)n(CCC(=O)N2CCC(C)C(O)C2)c1C. The van der Waals surface area contributed by atoms with E-state index in [1.54, 1.807) is 9.47 Å². The predicted molar refractivity (Wildman–Crippen MR) is 79.0 cm³/mol. The number of amides is 1. The number of carbonyl (C=O) groups is 1. The summed E-state index contributed by atoms with van der Waals surface area (Å²) in [5.41, 5.74) is 0.945. The molecule has 1 aromatic rings. The van der Waals surface area contributed by atoms with Gasteiger partial charge in [0, 0.05) is 36.6 Å². The molecule has 0 spiro atoms. The number of aliphatic hydroxyl groups is 1. The summed E-state index contributed by atoms with van der Waals surface area (Å²) in [6.45, 7) is 7.37. The first-order valence-corrected chi connectivity index (χ1v) is 7.84. The van der Waals surface area contributed by atoms with Crippen LogP contribution in [0.25, 0.3) is 0 Å². The lowest BCUT2D eigenvalue weighted by Crippen LogP contribution is -2.46. The smallest absolute Gasteiger partial charge is 0.307 e. The summed E-state index contributed by atoms with van der Waals surface area (Å²) >= 11 is 1.23. The van der Waals surface area contributed by atoms with E-state index in [1.165, 1.54) is 11.3 Å². The number of likely N-dealkylation sites (tertiary alicyclic amines) is 1. The number of thiazole rings is 1. The van der Waals surface area contributed by atoms with Gasteiger partial charge in [-0.25, -0.2) is 0 Å². The van der Waals surface area contributed by atoms with Gasteiger partial charge in [-0.1, -0.05) is 18.3 Å². The highest BCUT2D eigenvalue weighted by Crippen LogP contribution is 2.18. The van der Waals surface area contributed by atoms with Gasteiger partial charge >= 0.3 is 4.87 Å². The second-order valence-corrected chi connectivity index (χ2v) is 6.75. The van der Waals surface area contributed by atoms with Crippen LogP contribution < -0.4 is 4.87 Å². The Labute approximate surface area is 122 Å². The van der Waals surface area contributed by atoms with Crippen LogP contribution in [0.3, 0.4) is 0 Å². The Balaban J connectivity index is 1.94. The molecule has 2 rings (SSSR count). The summed E-state index contributed by atoms with van der Waals surface area (Å²) in [6, 6.07) is 0. The van der Waals surface area contributed by atoms with Gasteiger partial charge in [-0.3, -0.25) is 9.59 Å². The summed E-state index contributed by atoms with van der Waals surface area (Å²) in [6.07, 6.45) is 0.724. The fraction of sp³-hybridized carbons (Fsp3) is 0.714. The van der Waals surface area contributed by atoms with Crippen LogP contribution in [0, 0.1) is 19.8 Å². The number of aromatic nitrogens is 1. The fourth-order valence-electron chi connectivity index (χ4n) is 2.49. The third kappa shape index (κ3) is 3.12. The lowest BCUT2D eigenvalue weighted by molar-refractivity contribution is -0.135. The zero-order chi connectivity index (χ0) is 14.9. The van der Waals surface area contributed by atoms with Crippen molar-refractivity contribution < 1.29 is 9.90 Å². The van der Waals surface area contributed by atoms with Gasteiger partial charge in [0.1, 0.15) is 0 Å². The lowest BCUT2D eigenvalue weighted by Gasteiger charge is -2.34. The molecule has 20 heavy (non-hydrogen) atoms. The average Bonchev–Trinajstić information content (AvgIpc) is 2.64. The number of hydrogen-bond acceptors (Lipinski definition) is 4. The van der Waals surface area contributed by atoms with Crippen LogP contribution in [0.1, 0.15) is 30.3 Å². The van der Waals surface area contributed by atoms with E-state index in [4.69, 9.17) is 0 Å². The van der Waals surface area contributed by atoms with Crippen molar-refractivity contribution in [3.8, 4) is 0 Å². The highest BCUT2D eigenvalue weighted by Gasteiger charge is 2.27. The molecule has 0 bridgehead atoms. The van der Waals surface area contributed by atoms with Gasteiger partial charge in [-0.15, -0.1) is 0 Å². The Hall–Kier alpha value is -1.14. The number of aryl methyl sites for hydroxylation is 1. The number of β-amino-alcohol motifs (C(OH)–C–C–N with tert-alkyl or cyclic N) is 1. The summed E-state index contributed by atoms with van der Waals surface area (Å²) in [7, 11) is 0. The van der Waals surface area contributed by atoms with Crippen molar-refractivity contribution in [2.45, 2.75) is 46.3 Å². The molecular weight excluding hydrogens is 276 g/mol. The maximum absolute atomic E-state index is 12.2. The molecule has 0 aromatic carbocycles. The summed E-state index contributed by atoms with van der Waals surface area (Å²) in [4.78, 5) is 26.6. The second-order valence-electron chi connectivity index (χ2n) is 5.58. The first-order chi connectivity index (χ1) is 9.40. The maximum Gasteiger partial charge on any atom is 0.307 e. The molecule has 1 aliphatic heterocycles. The van der Waals surface area contributed by atoms with Crippen LogP contribution in [-0.4, -0.2) is 39.7 Å². The minimum Gasteiger partial charge on any atom is -0.391 e. The third-order valence-corrected chi connectivity index (χ3v) is 5.19. The molecule has 2 atom stereocenters. The van der Waals surface area contributed by atoms with Gasteiger partial charge in [-0.2, -0.15) is 0 Å². The van der Waals surface area contributed by atoms with Crippen LogP contribution in [-0.2, 0) is 11.3 Å². The monoisotopic (exact) mass is 298 g/mol. The Morgan fingerprint density at radius 2 is 2.15 bits per heavy atom. The number of piperidine rings is 1. The molecule has 1 saturated heterocycles. The van der Waals surface area contributed by atoms with Gasteiger partial charge in [-0.05, 0) is 26.2 Å². The van der Waals surface area contributed by atoms with E-state index in [-0.39, 0.29) is 16.7 Å². The van der Waals surface area contributed by atoms with Crippen LogP contribution in [0.2, 0.25) is 0 Å². The molecule has 2 heterocycles. The molecular formula is C14H22N2O3S. The van der Waals surface area contributed by atoms with Crippen LogP contribution in [0.5, 0.6) is 0 Å². The summed E-state index contributed by atoms with van der Waals surface area (Å²) in [5.74, 6) is 0.273. The highest BCUT2D eigenvalue weighted by atomic mass is 32.1. The highest BCUT2D eigenvalue weighted by molar-refractivity contribution is 7.09. The van der Waals surface area contributed by atoms with E-state index in [0.29, 0.717) is 26.1 Å². The number of rotatable bonds is 3. The minimum atomic E-state index is -0.430. The maximum atomic E-state index is 12.2. The predicted octanol–water partition coefficient (Wildman–Crippen LogP) is 1.15. The Kier molecular flexibility index (Phi) is 4.65. The van der Waals surface area contributed by atoms with Crippen molar-refractivity contribution in [3.05, 3.63) is 20.2 Å². The zero-order valence-electron chi connectivity index (χ0n) is 12.3. The summed E-state index contributed by atoms with van der Waals surface area (Å²) in [5, 5.41) is 9.83. The van der Waals surface area contributed by atoms with Gasteiger partial charge in [0.15, 0.2) is 0 Å². The number of carbonyl (C=O) groups excluding carboxylic acids is 1. The Bertz CT molecular complexity index is 549. The molecule has 2 unspecified atom stereocenters. The molecule has 112 valence electrons. The van der Waals surface area contributed by atoms with Crippen molar-refractivity contribution in [2.75, 3.05) is 13.1 Å². The molecule has 0 aliphatic carbocycles. The van der Waals surface area contributed by atoms with Crippen LogP contribution >= 0.6 is 11.3 Å². The zero-order valence-corrected chi connectivity index (χ0v) is 13.1. The second kappa shape index (κ2) is 6.10. The fourth-order valence-corrected chi connectivity index (χ4v) is 3.35. The van der Waals surface area contributed by atoms with E-state index in [0.717, 1.165) is 17.0 Å². The van der Waals surface area contributed by atoms with Gasteiger partial charge in [0.2, 0.25) is 5.91 Å². The average molecular weight is 298 g/mol. The number of hydrogen-bond donors (Lipinski definition) is 1. The third-order valence-electron chi connectivity index (χ3n) is 4.20. The summed E-state index contributed by atoms with van der Waals surface area (Å²) < 4.78 is 1.67. The van der Waals surface area contributed by atoms with E-state index in [1.807, 2.05) is 20.8 Å². The van der Waals surface area contributed by atoms with E-state index < -0.39 is 6.10 Å². The molecule has 6 heteroatoms. The molecule has 1 N–H and O–H groups in total. The van der Waals surface area contributed by atoms with Crippen molar-refractivity contribution in [1.29, 1.82) is 0 Å². The first kappa shape index (κ1) is 15.3. The number of nitrogens with zero attached hydrogens (tertiary/aromatic N) is 2. The molecule has 1 aromatic heterocycles. The van der Waals surface area contributed by atoms with Gasteiger partial charge in [0.05, 0.1) is 6.10 Å². The van der Waals surface area contributed by atoms with Gasteiger partial charge < -0.3 is 14.6 Å². The quantitative estimate of drug-likeness (QED) is 0.910. The van der Waals surface area contributed by atoms with Gasteiger partial charge in [0.25, 0.3) is 0 Å². The van der Waals surface area contributed by atoms with Crippen molar-refractivity contribution >= 4 is 17.2 Å². The molecule has 0 radical (unpaired) electrons. The molecule has 5 nitrogen and oxygen atoms in total. The topological polar surface area (TPSA) is 62.5 Å².